The van der Waals surface area contributed by atoms with Gasteiger partial charge < -0.3 is 18.6 Å². The second kappa shape index (κ2) is 15.8. The molecule has 2 aliphatic carbocycles. The van der Waals surface area contributed by atoms with Crippen molar-refractivity contribution in [2.75, 3.05) is 0 Å². The molecule has 7 rings (SSSR count). The van der Waals surface area contributed by atoms with Gasteiger partial charge in [-0.1, -0.05) is 90.1 Å². The molecule has 2 unspecified atom stereocenters. The molecule has 58 heavy (non-hydrogen) atoms. The van der Waals surface area contributed by atoms with E-state index in [4.69, 9.17) is 18.6 Å². The summed E-state index contributed by atoms with van der Waals surface area (Å²) in [5, 5.41) is 0. The third-order valence-electron chi connectivity index (χ3n) is 14.7. The Balaban J connectivity index is 1.09. The molecule has 4 nitrogen and oxygen atoms in total. The Labute approximate surface area is 354 Å². The van der Waals surface area contributed by atoms with E-state index >= 15 is 0 Å². The van der Waals surface area contributed by atoms with Gasteiger partial charge in [0.25, 0.3) is 0 Å². The molecule has 0 N–H and O–H groups in total. The van der Waals surface area contributed by atoms with Gasteiger partial charge in [-0.15, -0.1) is 0 Å². The van der Waals surface area contributed by atoms with E-state index in [1.54, 1.807) is 22.3 Å². The van der Waals surface area contributed by atoms with Crippen molar-refractivity contribution in [1.82, 2.24) is 0 Å². The summed E-state index contributed by atoms with van der Waals surface area (Å²) in [6, 6.07) is 19.4. The predicted molar refractivity (Wildman–Crippen MR) is 245 cm³/mol. The molecule has 2 heterocycles. The van der Waals surface area contributed by atoms with Crippen LogP contribution in [0.2, 0.25) is 0 Å². The number of rotatable bonds is 14. The zero-order chi connectivity index (χ0) is 42.1. The summed E-state index contributed by atoms with van der Waals surface area (Å²) in [6.07, 6.45) is 13.6. The molecule has 0 radical (unpaired) electrons. The molecular formula is C52H76B2O4. The van der Waals surface area contributed by atoms with Gasteiger partial charge in [0.05, 0.1) is 22.4 Å². The number of aryl methyl sites for hydroxylation is 4. The first kappa shape index (κ1) is 43.7. The molecule has 3 aromatic carbocycles. The first-order valence-electron chi connectivity index (χ1n) is 23.0. The highest BCUT2D eigenvalue weighted by molar-refractivity contribution is 6.65. The molecule has 2 fully saturated rings. The maximum atomic E-state index is 6.78. The number of fused-ring (bicyclic) bond motifs is 2. The van der Waals surface area contributed by atoms with Crippen LogP contribution >= 0.6 is 0 Å². The number of benzene rings is 3. The van der Waals surface area contributed by atoms with Crippen LogP contribution in [0.4, 0.5) is 0 Å². The van der Waals surface area contributed by atoms with Gasteiger partial charge in [-0.2, -0.15) is 0 Å². The maximum absolute atomic E-state index is 6.78. The highest BCUT2D eigenvalue weighted by Crippen LogP contribution is 2.45. The monoisotopic (exact) mass is 787 g/mol. The third kappa shape index (κ3) is 9.41. The van der Waals surface area contributed by atoms with Crippen LogP contribution in [0, 0.1) is 10.8 Å². The quantitative estimate of drug-likeness (QED) is 0.120. The van der Waals surface area contributed by atoms with Crippen LogP contribution < -0.4 is 10.9 Å². The summed E-state index contributed by atoms with van der Waals surface area (Å²) in [6.45, 7) is 31.5. The van der Waals surface area contributed by atoms with Crippen LogP contribution in [0.15, 0.2) is 48.5 Å². The number of unbranched alkanes of at least 4 members (excludes halogenated alkanes) is 2. The van der Waals surface area contributed by atoms with Crippen LogP contribution in [0.5, 0.6) is 0 Å². The molecule has 2 atom stereocenters. The van der Waals surface area contributed by atoms with Crippen molar-refractivity contribution in [3.05, 3.63) is 93.0 Å². The molecule has 0 amide bonds. The molecule has 2 saturated heterocycles. The minimum Gasteiger partial charge on any atom is -0.399 e. The molecule has 3 aromatic rings. The van der Waals surface area contributed by atoms with E-state index in [-0.39, 0.29) is 0 Å². The fraction of sp³-hybridized carbons (Fsp3) is 0.654. The summed E-state index contributed by atoms with van der Waals surface area (Å²) >= 11 is 0. The lowest BCUT2D eigenvalue weighted by molar-refractivity contribution is 0.00578. The van der Waals surface area contributed by atoms with Crippen molar-refractivity contribution < 1.29 is 18.6 Å². The fourth-order valence-electron chi connectivity index (χ4n) is 9.94. The molecule has 0 bridgehead atoms. The minimum atomic E-state index is -0.413. The topological polar surface area (TPSA) is 36.9 Å². The fourth-order valence-corrected chi connectivity index (χ4v) is 9.94. The Hall–Kier alpha value is -2.37. The minimum absolute atomic E-state index is 0.375. The Morgan fingerprint density at radius 2 is 0.810 bits per heavy atom. The largest absolute Gasteiger partial charge is 0.495 e. The summed E-state index contributed by atoms with van der Waals surface area (Å²) in [7, 11) is -0.825. The lowest BCUT2D eigenvalue weighted by Crippen LogP contribution is -2.43. The van der Waals surface area contributed by atoms with Gasteiger partial charge in [-0.05, 0) is 211 Å². The normalized spacial score (nSPS) is 22.7. The highest BCUT2D eigenvalue weighted by atomic mass is 16.7. The molecule has 0 aromatic heterocycles. The van der Waals surface area contributed by atoms with E-state index in [1.807, 2.05) is 0 Å². The number of hydrogen-bond acceptors (Lipinski definition) is 4. The van der Waals surface area contributed by atoms with Crippen LogP contribution in [-0.4, -0.2) is 36.6 Å². The van der Waals surface area contributed by atoms with E-state index in [2.05, 4.69) is 145 Å². The smallest absolute Gasteiger partial charge is 0.399 e. The molecule has 0 spiro atoms. The van der Waals surface area contributed by atoms with Crippen molar-refractivity contribution in [3.8, 4) is 0 Å². The van der Waals surface area contributed by atoms with Crippen molar-refractivity contribution >= 4 is 25.2 Å². The first-order chi connectivity index (χ1) is 26.9. The van der Waals surface area contributed by atoms with Crippen LogP contribution in [-0.2, 0) is 57.1 Å². The Morgan fingerprint density at radius 1 is 0.483 bits per heavy atom. The second-order valence-corrected chi connectivity index (χ2v) is 23.2. The third-order valence-corrected chi connectivity index (χ3v) is 14.7. The zero-order valence-electron chi connectivity index (χ0n) is 39.0. The molecule has 0 saturated carbocycles. The van der Waals surface area contributed by atoms with Gasteiger partial charge in [0.1, 0.15) is 0 Å². The van der Waals surface area contributed by atoms with E-state index in [0.29, 0.717) is 10.8 Å². The van der Waals surface area contributed by atoms with Gasteiger partial charge in [0.2, 0.25) is 0 Å². The second-order valence-electron chi connectivity index (χ2n) is 23.2. The van der Waals surface area contributed by atoms with E-state index < -0.39 is 36.6 Å². The van der Waals surface area contributed by atoms with Gasteiger partial charge in [0, 0.05) is 0 Å². The van der Waals surface area contributed by atoms with Crippen molar-refractivity contribution in [2.24, 2.45) is 10.8 Å². The molecule has 4 aliphatic rings. The van der Waals surface area contributed by atoms with Gasteiger partial charge in [-0.25, -0.2) is 0 Å². The Bertz CT molecular complexity index is 1790. The van der Waals surface area contributed by atoms with Crippen molar-refractivity contribution in [3.63, 3.8) is 0 Å². The van der Waals surface area contributed by atoms with Crippen molar-refractivity contribution in [2.45, 2.75) is 208 Å². The summed E-state index contributed by atoms with van der Waals surface area (Å²) in [5.41, 5.74) is 13.3. The van der Waals surface area contributed by atoms with E-state index in [9.17, 15) is 0 Å². The highest BCUT2D eigenvalue weighted by Gasteiger charge is 2.54. The van der Waals surface area contributed by atoms with E-state index in [0.717, 1.165) is 63.2 Å². The molecule has 2 aliphatic heterocycles. The van der Waals surface area contributed by atoms with E-state index in [1.165, 1.54) is 58.9 Å². The summed E-state index contributed by atoms with van der Waals surface area (Å²) in [5.74, 6) is 1.45. The predicted octanol–water partition coefficient (Wildman–Crippen LogP) is 11.6. The number of hydrogen-bond donors (Lipinski definition) is 0. The SMILES string of the molecule is CC(C)(C)CC1Cc2cc(CCCCc3cc(B4OC(C)(C)C(C)(C)O4)c(CCCCc4ccc5c(c4)CC5CC(C)(C)C)cc3B3OC(C)(C)C(C)(C)O3)ccc21. The lowest BCUT2D eigenvalue weighted by atomic mass is 9.67. The lowest BCUT2D eigenvalue weighted by Gasteiger charge is -2.35. The molecule has 314 valence electrons. The standard InChI is InChI=1S/C52H76B2O4/c1-47(2,3)33-41-29-39-27-35(23-25-43(39)41)19-15-17-21-37-31-46(54-57-51(11,12)52(13,14)58-54)38(32-45(37)53-55-49(7,8)50(9,10)56-53)22-18-16-20-36-24-26-44-40(28-36)30-42(44)34-48(4,5)6/h23-28,31-32,41-42H,15-22,29-30,33-34H2,1-14H3. The van der Waals surface area contributed by atoms with Gasteiger partial charge in [-0.3, -0.25) is 0 Å². The Morgan fingerprint density at radius 3 is 1.12 bits per heavy atom. The summed E-state index contributed by atoms with van der Waals surface area (Å²) < 4.78 is 27.1. The maximum Gasteiger partial charge on any atom is 0.495 e. The zero-order valence-corrected chi connectivity index (χ0v) is 39.0. The average molecular weight is 787 g/mol. The van der Waals surface area contributed by atoms with Gasteiger partial charge in [0.15, 0.2) is 0 Å². The van der Waals surface area contributed by atoms with Crippen LogP contribution in [0.1, 0.15) is 192 Å². The summed E-state index contributed by atoms with van der Waals surface area (Å²) in [4.78, 5) is 0. The molecule has 6 heteroatoms. The molecular weight excluding hydrogens is 710 g/mol. The van der Waals surface area contributed by atoms with Gasteiger partial charge >= 0.3 is 14.2 Å². The first-order valence-corrected chi connectivity index (χ1v) is 23.0. The Kier molecular flexibility index (Phi) is 11.9. The van der Waals surface area contributed by atoms with Crippen LogP contribution in [0.25, 0.3) is 0 Å². The van der Waals surface area contributed by atoms with Crippen molar-refractivity contribution in [1.29, 1.82) is 0 Å². The average Bonchev–Trinajstić information content (AvgIpc) is 3.44. The van der Waals surface area contributed by atoms with Crippen LogP contribution in [0.3, 0.4) is 0 Å².